The molecule has 0 aromatic heterocycles. The Morgan fingerprint density at radius 1 is 1.00 bits per heavy atom. The van der Waals surface area contributed by atoms with Gasteiger partial charge in [0.15, 0.2) is 0 Å². The SMILES string of the molecule is CC(C)COC(F)(F)C(F)([C](F)F)C(F)(F)F. The summed E-state index contributed by atoms with van der Waals surface area (Å²) in [5, 5.41) is 0. The highest BCUT2D eigenvalue weighted by Gasteiger charge is 2.79. The van der Waals surface area contributed by atoms with Gasteiger partial charge in [-0.15, -0.1) is 0 Å². The van der Waals surface area contributed by atoms with E-state index in [9.17, 15) is 35.1 Å². The average molecular weight is 273 g/mol. The summed E-state index contributed by atoms with van der Waals surface area (Å²) >= 11 is 0. The highest BCUT2D eigenvalue weighted by atomic mass is 19.4. The Labute approximate surface area is 91.7 Å². The standard InChI is InChI=1S/C8H9F8O/c1-4(2)3-17-8(15,16)6(11,5(9)10)7(12,13)14/h4H,3H2,1-2H3. The summed E-state index contributed by atoms with van der Waals surface area (Å²) in [7, 11) is 0. The maximum Gasteiger partial charge on any atom is 0.437 e. The van der Waals surface area contributed by atoms with Gasteiger partial charge in [0, 0.05) is 0 Å². The van der Waals surface area contributed by atoms with Crippen LogP contribution in [0.1, 0.15) is 13.8 Å². The van der Waals surface area contributed by atoms with Gasteiger partial charge in [-0.2, -0.15) is 30.7 Å². The van der Waals surface area contributed by atoms with Gasteiger partial charge < -0.3 is 4.74 Å². The molecule has 0 aliphatic heterocycles. The minimum absolute atomic E-state index is 0.680. The molecule has 0 spiro atoms. The highest BCUT2D eigenvalue weighted by molar-refractivity contribution is 5.06. The average Bonchev–Trinajstić information content (AvgIpc) is 2.11. The third-order valence-electron chi connectivity index (χ3n) is 1.65. The van der Waals surface area contributed by atoms with Crippen LogP contribution in [0.2, 0.25) is 0 Å². The molecule has 0 bridgehead atoms. The number of hydrogen-bond donors (Lipinski definition) is 0. The third-order valence-corrected chi connectivity index (χ3v) is 1.65. The van der Waals surface area contributed by atoms with Gasteiger partial charge in [0.05, 0.1) is 6.61 Å². The van der Waals surface area contributed by atoms with Crippen molar-refractivity contribution >= 4 is 0 Å². The van der Waals surface area contributed by atoms with Crippen LogP contribution in [0.15, 0.2) is 0 Å². The van der Waals surface area contributed by atoms with Crippen LogP contribution in [-0.2, 0) is 4.74 Å². The Morgan fingerprint density at radius 2 is 1.41 bits per heavy atom. The topological polar surface area (TPSA) is 9.23 Å². The van der Waals surface area contributed by atoms with Crippen LogP contribution in [0.4, 0.5) is 35.1 Å². The molecule has 0 aliphatic rings. The van der Waals surface area contributed by atoms with Crippen molar-refractivity contribution in [1.29, 1.82) is 0 Å². The van der Waals surface area contributed by atoms with Crippen molar-refractivity contribution in [3.8, 4) is 0 Å². The van der Waals surface area contributed by atoms with Gasteiger partial charge in [0.25, 0.3) is 0 Å². The summed E-state index contributed by atoms with van der Waals surface area (Å²) < 4.78 is 101. The van der Waals surface area contributed by atoms with Crippen LogP contribution in [0.3, 0.4) is 0 Å². The van der Waals surface area contributed by atoms with Gasteiger partial charge in [0.1, 0.15) is 0 Å². The Balaban J connectivity index is 5.19. The third kappa shape index (κ3) is 3.20. The summed E-state index contributed by atoms with van der Waals surface area (Å²) in [6.45, 7) is 1.56. The minimum atomic E-state index is -6.48. The van der Waals surface area contributed by atoms with E-state index >= 15 is 0 Å². The second-order valence-electron chi connectivity index (χ2n) is 3.64. The molecule has 9 heteroatoms. The zero-order valence-electron chi connectivity index (χ0n) is 8.72. The van der Waals surface area contributed by atoms with E-state index in [1.807, 2.05) is 0 Å². The predicted octanol–water partition coefficient (Wildman–Crippen LogP) is 3.95. The molecule has 0 fully saturated rings. The maximum absolute atomic E-state index is 12.9. The molecule has 0 N–H and O–H groups in total. The largest absolute Gasteiger partial charge is 0.437 e. The van der Waals surface area contributed by atoms with Gasteiger partial charge in [0.2, 0.25) is 0 Å². The maximum atomic E-state index is 12.9. The Hall–Kier alpha value is -0.600. The molecular formula is C8H9F8O. The molecule has 0 rings (SSSR count). The normalized spacial score (nSPS) is 17.6. The monoisotopic (exact) mass is 273 g/mol. The summed E-state index contributed by atoms with van der Waals surface area (Å²) in [4.78, 5) is 0. The van der Waals surface area contributed by atoms with Crippen molar-refractivity contribution in [3.63, 3.8) is 0 Å². The lowest BCUT2D eigenvalue weighted by Crippen LogP contribution is -2.58. The molecule has 0 aliphatic carbocycles. The number of hydrogen-bond acceptors (Lipinski definition) is 1. The minimum Gasteiger partial charge on any atom is -0.317 e. The Bertz CT molecular complexity index is 248. The number of halogens is 8. The van der Waals surface area contributed by atoms with Crippen molar-refractivity contribution in [2.24, 2.45) is 5.92 Å². The zero-order valence-corrected chi connectivity index (χ0v) is 8.72. The van der Waals surface area contributed by atoms with Crippen molar-refractivity contribution in [3.05, 3.63) is 6.43 Å². The summed E-state index contributed by atoms with van der Waals surface area (Å²) in [6, 6.07) is 0. The Morgan fingerprint density at radius 3 is 1.65 bits per heavy atom. The molecule has 1 unspecified atom stereocenters. The molecule has 0 saturated heterocycles. The molecule has 17 heavy (non-hydrogen) atoms. The molecule has 1 radical (unpaired) electrons. The number of rotatable bonds is 5. The molecule has 0 amide bonds. The first kappa shape index (κ1) is 16.4. The van der Waals surface area contributed by atoms with Gasteiger partial charge >= 0.3 is 24.4 Å². The summed E-state index contributed by atoms with van der Waals surface area (Å²) in [5.74, 6) is -0.680. The lowest BCUT2D eigenvalue weighted by atomic mass is 10.1. The number of alkyl halides is 6. The molecule has 1 nitrogen and oxygen atoms in total. The van der Waals surface area contributed by atoms with E-state index in [1.54, 1.807) is 0 Å². The molecule has 0 aromatic rings. The van der Waals surface area contributed by atoms with Gasteiger partial charge in [-0.25, -0.2) is 4.39 Å². The lowest BCUT2D eigenvalue weighted by molar-refractivity contribution is -0.390. The molecule has 103 valence electrons. The van der Waals surface area contributed by atoms with Crippen molar-refractivity contribution in [2.45, 2.75) is 31.8 Å². The van der Waals surface area contributed by atoms with Gasteiger partial charge in [-0.05, 0) is 5.92 Å². The van der Waals surface area contributed by atoms with E-state index in [0.29, 0.717) is 0 Å². The smallest absolute Gasteiger partial charge is 0.317 e. The van der Waals surface area contributed by atoms with Crippen molar-refractivity contribution < 1.29 is 39.9 Å². The fourth-order valence-electron chi connectivity index (χ4n) is 0.753. The Kier molecular flexibility index (Phi) is 4.77. The second kappa shape index (κ2) is 4.95. The first-order chi connectivity index (χ1) is 7.36. The van der Waals surface area contributed by atoms with Gasteiger partial charge in [-0.3, -0.25) is 0 Å². The second-order valence-corrected chi connectivity index (χ2v) is 3.64. The van der Waals surface area contributed by atoms with Crippen LogP contribution in [-0.4, -0.2) is 24.6 Å². The fraction of sp³-hybridized carbons (Fsp3) is 0.875. The molecular weight excluding hydrogens is 264 g/mol. The highest BCUT2D eigenvalue weighted by Crippen LogP contribution is 2.52. The van der Waals surface area contributed by atoms with Crippen molar-refractivity contribution in [1.82, 2.24) is 0 Å². The van der Waals surface area contributed by atoms with E-state index in [-0.39, 0.29) is 0 Å². The quantitative estimate of drug-likeness (QED) is 0.689. The molecule has 1 atom stereocenters. The van der Waals surface area contributed by atoms with Crippen LogP contribution in [0.5, 0.6) is 0 Å². The first-order valence-electron chi connectivity index (χ1n) is 4.32. The van der Waals surface area contributed by atoms with E-state index in [4.69, 9.17) is 0 Å². The molecule has 0 aromatic carbocycles. The van der Waals surface area contributed by atoms with E-state index in [1.165, 1.54) is 13.8 Å². The molecule has 0 saturated carbocycles. The van der Waals surface area contributed by atoms with Crippen LogP contribution < -0.4 is 0 Å². The lowest BCUT2D eigenvalue weighted by Gasteiger charge is -2.32. The van der Waals surface area contributed by atoms with Crippen LogP contribution >= 0.6 is 0 Å². The fourth-order valence-corrected chi connectivity index (χ4v) is 0.753. The van der Waals surface area contributed by atoms with Gasteiger partial charge in [-0.1, -0.05) is 13.8 Å². The van der Waals surface area contributed by atoms with Crippen LogP contribution in [0, 0.1) is 12.3 Å². The molecule has 0 heterocycles. The summed E-state index contributed by atoms with van der Waals surface area (Å²) in [6.07, 6.45) is -16.3. The zero-order chi connectivity index (χ0) is 14.1. The first-order valence-corrected chi connectivity index (χ1v) is 4.32. The van der Waals surface area contributed by atoms with Crippen molar-refractivity contribution in [2.75, 3.05) is 6.61 Å². The predicted molar refractivity (Wildman–Crippen MR) is 41.1 cm³/mol. The van der Waals surface area contributed by atoms with E-state index < -0.39 is 36.9 Å². The summed E-state index contributed by atoms with van der Waals surface area (Å²) in [5.41, 5.74) is -6.10. The number of ether oxygens (including phenoxy) is 1. The van der Waals surface area contributed by atoms with E-state index in [0.717, 1.165) is 0 Å². The van der Waals surface area contributed by atoms with E-state index in [2.05, 4.69) is 4.74 Å². The van der Waals surface area contributed by atoms with Crippen LogP contribution in [0.25, 0.3) is 0 Å².